The number of hydrazine groups is 1. The van der Waals surface area contributed by atoms with Crippen LogP contribution in [0.1, 0.15) is 18.7 Å². The molecule has 1 aromatic heterocycles. The van der Waals surface area contributed by atoms with E-state index in [2.05, 4.69) is 4.98 Å². The number of aromatic nitrogens is 1. The van der Waals surface area contributed by atoms with Gasteiger partial charge in [-0.1, -0.05) is 11.6 Å². The number of carbonyl (C=O) groups is 2. The molecule has 0 fully saturated rings. The highest BCUT2D eigenvalue weighted by Crippen LogP contribution is 2.36. The van der Waals surface area contributed by atoms with Gasteiger partial charge in [-0.3, -0.25) is 15.2 Å². The second kappa shape index (κ2) is 10.6. The van der Waals surface area contributed by atoms with Crippen LogP contribution >= 0.6 is 11.6 Å². The van der Waals surface area contributed by atoms with Gasteiger partial charge in [-0.05, 0) is 25.1 Å². The van der Waals surface area contributed by atoms with Gasteiger partial charge in [0.25, 0.3) is 6.43 Å². The summed E-state index contributed by atoms with van der Waals surface area (Å²) in [5.41, 5.74) is 1.88. The minimum absolute atomic E-state index is 0.101. The number of halogens is 8. The summed E-state index contributed by atoms with van der Waals surface area (Å²) < 4.78 is 94.8. The lowest BCUT2D eigenvalue weighted by atomic mass is 10.0. The van der Waals surface area contributed by atoms with Crippen molar-refractivity contribution in [2.24, 2.45) is 0 Å². The quantitative estimate of drug-likeness (QED) is 0.406. The first-order chi connectivity index (χ1) is 15.3. The fraction of sp³-hybridized carbons (Fsp3) is 0.278. The molecule has 15 heteroatoms. The summed E-state index contributed by atoms with van der Waals surface area (Å²) in [7, 11) is 0. The first-order valence-corrected chi connectivity index (χ1v) is 9.16. The van der Waals surface area contributed by atoms with Crippen molar-refractivity contribution in [1.29, 1.82) is 0 Å². The number of urea groups is 1. The Balaban J connectivity index is 2.20. The predicted molar refractivity (Wildman–Crippen MR) is 100 cm³/mol. The molecule has 1 unspecified atom stereocenters. The van der Waals surface area contributed by atoms with Crippen LogP contribution in [0, 0.1) is 11.6 Å². The van der Waals surface area contributed by atoms with Crippen LogP contribution in [0.25, 0.3) is 11.1 Å². The smallest absolute Gasteiger partial charge is 0.472 e. The first-order valence-electron chi connectivity index (χ1n) is 8.79. The average molecular weight is 503 g/mol. The third-order valence-corrected chi connectivity index (χ3v) is 4.07. The zero-order chi connectivity index (χ0) is 24.9. The van der Waals surface area contributed by atoms with Crippen LogP contribution in [0.15, 0.2) is 24.4 Å². The SMILES string of the molecule is CC(NC(=O)NNC(=O)C(F)(F)F)c1ncc(-c2cc(Cl)cc(F)c2OCC(F)F)cc1F. The summed E-state index contributed by atoms with van der Waals surface area (Å²) in [5, 5.41) is 1.91. The van der Waals surface area contributed by atoms with Crippen LogP contribution in [0.3, 0.4) is 0 Å². The minimum Gasteiger partial charge on any atom is -0.484 e. The normalized spacial score (nSPS) is 12.3. The lowest BCUT2D eigenvalue weighted by molar-refractivity contribution is -0.174. The molecule has 3 amide bonds. The fourth-order valence-electron chi connectivity index (χ4n) is 2.47. The number of rotatable bonds is 6. The third kappa shape index (κ3) is 7.10. The maximum Gasteiger partial charge on any atom is 0.472 e. The molecule has 1 heterocycles. The summed E-state index contributed by atoms with van der Waals surface area (Å²) >= 11 is 5.78. The monoisotopic (exact) mass is 502 g/mol. The number of benzene rings is 1. The molecule has 2 rings (SSSR count). The average Bonchev–Trinajstić information content (AvgIpc) is 2.69. The molecular formula is C18H14ClF7N4O3. The fourth-order valence-corrected chi connectivity index (χ4v) is 2.67. The van der Waals surface area contributed by atoms with E-state index in [9.17, 15) is 40.3 Å². The molecule has 2 aromatic rings. The topological polar surface area (TPSA) is 92.4 Å². The van der Waals surface area contributed by atoms with Crippen molar-refractivity contribution in [2.75, 3.05) is 6.61 Å². The van der Waals surface area contributed by atoms with Crippen LogP contribution < -0.4 is 20.9 Å². The highest BCUT2D eigenvalue weighted by atomic mass is 35.5. The molecule has 0 spiro atoms. The van der Waals surface area contributed by atoms with Crippen LogP contribution in [-0.4, -0.2) is 36.1 Å². The van der Waals surface area contributed by atoms with Crippen molar-refractivity contribution in [1.82, 2.24) is 21.2 Å². The third-order valence-electron chi connectivity index (χ3n) is 3.85. The van der Waals surface area contributed by atoms with Gasteiger partial charge in [0.2, 0.25) is 0 Å². The second-order valence-electron chi connectivity index (χ2n) is 6.33. The summed E-state index contributed by atoms with van der Waals surface area (Å²) in [6.07, 6.45) is -7.13. The Hall–Kier alpha value is -3.29. The molecular weight excluding hydrogens is 489 g/mol. The van der Waals surface area contributed by atoms with Crippen molar-refractivity contribution in [3.05, 3.63) is 46.7 Å². The first kappa shape index (κ1) is 26.0. The molecule has 0 aliphatic heterocycles. The van der Waals surface area contributed by atoms with Crippen molar-refractivity contribution in [3.63, 3.8) is 0 Å². The van der Waals surface area contributed by atoms with Crippen molar-refractivity contribution in [2.45, 2.75) is 25.6 Å². The molecule has 3 N–H and O–H groups in total. The van der Waals surface area contributed by atoms with Gasteiger partial charge in [0.05, 0.1) is 11.7 Å². The number of hydrogen-bond acceptors (Lipinski definition) is 4. The number of nitrogens with zero attached hydrogens (tertiary/aromatic N) is 1. The van der Waals surface area contributed by atoms with Gasteiger partial charge in [-0.15, -0.1) is 0 Å². The maximum atomic E-state index is 14.6. The second-order valence-corrected chi connectivity index (χ2v) is 6.77. The van der Waals surface area contributed by atoms with Gasteiger partial charge in [-0.2, -0.15) is 13.2 Å². The maximum absolute atomic E-state index is 14.6. The molecule has 7 nitrogen and oxygen atoms in total. The Labute approximate surface area is 186 Å². The zero-order valence-electron chi connectivity index (χ0n) is 16.4. The molecule has 0 aliphatic rings. The van der Waals surface area contributed by atoms with Crippen LogP contribution in [-0.2, 0) is 4.79 Å². The van der Waals surface area contributed by atoms with Crippen LogP contribution in [0.2, 0.25) is 5.02 Å². The number of amides is 3. The van der Waals surface area contributed by atoms with E-state index in [1.54, 1.807) is 0 Å². The van der Waals surface area contributed by atoms with Crippen molar-refractivity contribution in [3.8, 4) is 16.9 Å². The lowest BCUT2D eigenvalue weighted by Gasteiger charge is -2.17. The molecule has 0 aliphatic carbocycles. The van der Waals surface area contributed by atoms with E-state index in [4.69, 9.17) is 16.3 Å². The van der Waals surface area contributed by atoms with Gasteiger partial charge in [0, 0.05) is 22.3 Å². The van der Waals surface area contributed by atoms with E-state index in [0.717, 1.165) is 29.8 Å². The Morgan fingerprint density at radius 1 is 1.12 bits per heavy atom. The standard InChI is InChI=1S/C18H14ClF7N4O3/c1-7(28-17(32)30-29-16(31)18(24,25)26)14-11(20)2-8(5-27-14)10-3-9(19)4-12(21)15(10)33-6-13(22)23/h2-5,7,13H,6H2,1H3,(H,29,31)(H2,28,30,32). The number of pyridine rings is 1. The highest BCUT2D eigenvalue weighted by Gasteiger charge is 2.39. The molecule has 0 bridgehead atoms. The Morgan fingerprint density at radius 3 is 2.36 bits per heavy atom. The molecule has 1 atom stereocenters. The van der Waals surface area contributed by atoms with Gasteiger partial charge in [0.15, 0.2) is 11.6 Å². The summed E-state index contributed by atoms with van der Waals surface area (Å²) in [4.78, 5) is 26.1. The molecule has 33 heavy (non-hydrogen) atoms. The zero-order valence-corrected chi connectivity index (χ0v) is 17.1. The van der Waals surface area contributed by atoms with E-state index < -0.39 is 54.6 Å². The summed E-state index contributed by atoms with van der Waals surface area (Å²) in [5.74, 6) is -5.16. The van der Waals surface area contributed by atoms with Gasteiger partial charge in [-0.25, -0.2) is 27.8 Å². The highest BCUT2D eigenvalue weighted by molar-refractivity contribution is 6.31. The Kier molecular flexibility index (Phi) is 8.30. The molecule has 1 aromatic carbocycles. The van der Waals surface area contributed by atoms with E-state index in [1.807, 2.05) is 5.32 Å². The molecule has 0 saturated heterocycles. The Bertz CT molecular complexity index is 1040. The number of carbonyl (C=O) groups excluding carboxylic acids is 2. The van der Waals surface area contributed by atoms with Crippen molar-refractivity contribution < 1.29 is 45.1 Å². The van der Waals surface area contributed by atoms with Gasteiger partial charge in [0.1, 0.15) is 12.4 Å². The molecule has 0 saturated carbocycles. The van der Waals surface area contributed by atoms with E-state index in [1.165, 1.54) is 12.3 Å². The predicted octanol–water partition coefficient (Wildman–Crippen LogP) is 4.28. The minimum atomic E-state index is -5.24. The van der Waals surface area contributed by atoms with Gasteiger partial charge < -0.3 is 10.1 Å². The molecule has 0 radical (unpaired) electrons. The van der Waals surface area contributed by atoms with E-state index in [0.29, 0.717) is 0 Å². The summed E-state index contributed by atoms with van der Waals surface area (Å²) in [6, 6.07) is 0.286. The van der Waals surface area contributed by atoms with Crippen LogP contribution in [0.5, 0.6) is 5.75 Å². The number of nitrogens with one attached hydrogen (secondary N) is 3. The van der Waals surface area contributed by atoms with E-state index >= 15 is 0 Å². The summed E-state index contributed by atoms with van der Waals surface area (Å²) in [6.45, 7) is 0.0902. The number of alkyl halides is 5. The van der Waals surface area contributed by atoms with E-state index in [-0.39, 0.29) is 21.8 Å². The largest absolute Gasteiger partial charge is 0.484 e. The van der Waals surface area contributed by atoms with Crippen LogP contribution in [0.4, 0.5) is 35.5 Å². The Morgan fingerprint density at radius 2 is 1.79 bits per heavy atom. The number of hydrogen-bond donors (Lipinski definition) is 3. The van der Waals surface area contributed by atoms with Gasteiger partial charge >= 0.3 is 18.1 Å². The molecule has 180 valence electrons. The number of ether oxygens (including phenoxy) is 1. The lowest BCUT2D eigenvalue weighted by Crippen LogP contribution is -2.51. The van der Waals surface area contributed by atoms with Crippen molar-refractivity contribution >= 4 is 23.5 Å².